The molecule has 2 saturated carbocycles. The first-order valence-electron chi connectivity index (χ1n) is 10.8. The molecule has 154 valence electrons. The van der Waals surface area contributed by atoms with Gasteiger partial charge in [0.1, 0.15) is 6.79 Å². The van der Waals surface area contributed by atoms with Gasteiger partial charge in [0.15, 0.2) is 0 Å². The van der Waals surface area contributed by atoms with Crippen LogP contribution in [0.1, 0.15) is 72.6 Å². The molecule has 0 saturated heterocycles. The molecule has 0 spiro atoms. The van der Waals surface area contributed by atoms with Crippen molar-refractivity contribution in [1.82, 2.24) is 0 Å². The van der Waals surface area contributed by atoms with E-state index in [2.05, 4.69) is 27.7 Å². The van der Waals surface area contributed by atoms with E-state index in [-0.39, 0.29) is 23.5 Å². The summed E-state index contributed by atoms with van der Waals surface area (Å²) in [4.78, 5) is 0. The number of fused-ring (bicyclic) bond motifs is 1. The van der Waals surface area contributed by atoms with Crippen molar-refractivity contribution in [1.29, 1.82) is 0 Å². The zero-order chi connectivity index (χ0) is 19.2. The SMILES string of the molecule is COCCOCO[C@H]1C[C@H]([C@H](C)CCCC(C)C)[C@@]2(C)CCC[C@@H](O)[C@H]12. The predicted molar refractivity (Wildman–Crippen MR) is 105 cm³/mol. The van der Waals surface area contributed by atoms with Crippen molar-refractivity contribution in [3.63, 3.8) is 0 Å². The van der Waals surface area contributed by atoms with Gasteiger partial charge in [-0.3, -0.25) is 0 Å². The van der Waals surface area contributed by atoms with E-state index in [0.29, 0.717) is 31.8 Å². The van der Waals surface area contributed by atoms with Crippen molar-refractivity contribution < 1.29 is 19.3 Å². The van der Waals surface area contributed by atoms with Crippen LogP contribution in [-0.4, -0.2) is 44.4 Å². The second kappa shape index (κ2) is 10.4. The summed E-state index contributed by atoms with van der Waals surface area (Å²) in [6, 6.07) is 0. The van der Waals surface area contributed by atoms with Crippen LogP contribution in [0.2, 0.25) is 0 Å². The number of aliphatic hydroxyl groups is 1. The summed E-state index contributed by atoms with van der Waals surface area (Å²) in [5, 5.41) is 10.8. The first-order valence-corrected chi connectivity index (χ1v) is 10.8. The molecule has 0 aromatic heterocycles. The van der Waals surface area contributed by atoms with Crippen molar-refractivity contribution in [3.05, 3.63) is 0 Å². The molecule has 4 heteroatoms. The van der Waals surface area contributed by atoms with Crippen LogP contribution in [0, 0.1) is 29.1 Å². The molecule has 0 bridgehead atoms. The lowest BCUT2D eigenvalue weighted by Gasteiger charge is -2.45. The third-order valence-corrected chi connectivity index (χ3v) is 7.05. The summed E-state index contributed by atoms with van der Waals surface area (Å²) < 4.78 is 16.7. The van der Waals surface area contributed by atoms with Crippen LogP contribution >= 0.6 is 0 Å². The third-order valence-electron chi connectivity index (χ3n) is 7.05. The van der Waals surface area contributed by atoms with Crippen molar-refractivity contribution in [3.8, 4) is 0 Å². The molecule has 2 rings (SSSR count). The van der Waals surface area contributed by atoms with Gasteiger partial charge in [0.2, 0.25) is 0 Å². The van der Waals surface area contributed by atoms with Crippen LogP contribution in [0.15, 0.2) is 0 Å². The fourth-order valence-corrected chi connectivity index (χ4v) is 5.69. The monoisotopic (exact) mass is 370 g/mol. The fraction of sp³-hybridized carbons (Fsp3) is 1.00. The molecule has 6 atom stereocenters. The molecule has 0 radical (unpaired) electrons. The van der Waals surface area contributed by atoms with Crippen LogP contribution in [0.5, 0.6) is 0 Å². The summed E-state index contributed by atoms with van der Waals surface area (Å²) in [6.07, 6.45) is 8.14. The molecule has 0 unspecified atom stereocenters. The molecule has 26 heavy (non-hydrogen) atoms. The number of hydrogen-bond acceptors (Lipinski definition) is 4. The Hall–Kier alpha value is -0.160. The fourth-order valence-electron chi connectivity index (χ4n) is 5.69. The van der Waals surface area contributed by atoms with Crippen LogP contribution < -0.4 is 0 Å². The molecule has 0 aromatic carbocycles. The normalized spacial score (nSPS) is 35.7. The highest BCUT2D eigenvalue weighted by atomic mass is 16.7. The van der Waals surface area contributed by atoms with Gasteiger partial charge in [-0.25, -0.2) is 0 Å². The minimum Gasteiger partial charge on any atom is -0.393 e. The molecule has 1 N–H and O–H groups in total. The number of aliphatic hydroxyl groups excluding tert-OH is 1. The van der Waals surface area contributed by atoms with Gasteiger partial charge in [0, 0.05) is 13.0 Å². The van der Waals surface area contributed by atoms with Crippen molar-refractivity contribution in [2.45, 2.75) is 84.8 Å². The van der Waals surface area contributed by atoms with Crippen LogP contribution in [0.4, 0.5) is 0 Å². The highest BCUT2D eigenvalue weighted by molar-refractivity contribution is 5.06. The van der Waals surface area contributed by atoms with Gasteiger partial charge in [0.05, 0.1) is 25.4 Å². The number of rotatable bonds is 11. The van der Waals surface area contributed by atoms with Gasteiger partial charge in [0.25, 0.3) is 0 Å². The van der Waals surface area contributed by atoms with E-state index >= 15 is 0 Å². The van der Waals surface area contributed by atoms with E-state index in [9.17, 15) is 5.11 Å². The molecule has 2 fully saturated rings. The zero-order valence-corrected chi connectivity index (χ0v) is 17.7. The molecule has 0 aromatic rings. The molecule has 0 aliphatic heterocycles. The lowest BCUT2D eigenvalue weighted by Crippen LogP contribution is -2.45. The average molecular weight is 371 g/mol. The Morgan fingerprint density at radius 3 is 2.62 bits per heavy atom. The van der Waals surface area contributed by atoms with E-state index in [4.69, 9.17) is 14.2 Å². The quantitative estimate of drug-likeness (QED) is 0.425. The molecular formula is C22H42O4. The van der Waals surface area contributed by atoms with E-state index < -0.39 is 0 Å². The van der Waals surface area contributed by atoms with Crippen molar-refractivity contribution in [2.24, 2.45) is 29.1 Å². The topological polar surface area (TPSA) is 47.9 Å². The van der Waals surface area contributed by atoms with E-state index in [1.165, 1.54) is 25.7 Å². The molecular weight excluding hydrogens is 328 g/mol. The minimum atomic E-state index is -0.231. The van der Waals surface area contributed by atoms with E-state index in [1.54, 1.807) is 7.11 Å². The van der Waals surface area contributed by atoms with Gasteiger partial charge >= 0.3 is 0 Å². The average Bonchev–Trinajstić information content (AvgIpc) is 2.88. The smallest absolute Gasteiger partial charge is 0.147 e. The van der Waals surface area contributed by atoms with Crippen LogP contribution in [0.25, 0.3) is 0 Å². The third kappa shape index (κ3) is 5.43. The molecule has 0 amide bonds. The van der Waals surface area contributed by atoms with Gasteiger partial charge in [-0.15, -0.1) is 0 Å². The molecule has 4 nitrogen and oxygen atoms in total. The van der Waals surface area contributed by atoms with Gasteiger partial charge < -0.3 is 19.3 Å². The minimum absolute atomic E-state index is 0.121. The van der Waals surface area contributed by atoms with Crippen molar-refractivity contribution >= 4 is 0 Å². The maximum Gasteiger partial charge on any atom is 0.147 e. The Bertz CT molecular complexity index is 400. The second-order valence-electron chi connectivity index (χ2n) is 9.36. The maximum absolute atomic E-state index is 10.8. The largest absolute Gasteiger partial charge is 0.393 e. The first-order chi connectivity index (χ1) is 12.4. The Morgan fingerprint density at radius 1 is 1.15 bits per heavy atom. The van der Waals surface area contributed by atoms with E-state index in [1.807, 2.05) is 0 Å². The lowest BCUT2D eigenvalue weighted by molar-refractivity contribution is -0.137. The standard InChI is InChI=1S/C22H42O4/c1-16(2)8-6-9-17(3)18-14-20(26-15-25-13-12-24-5)21-19(23)10-7-11-22(18,21)4/h16-21,23H,6-15H2,1-5H3/t17-,18-,19-,20+,21-,22-/m1/s1. The van der Waals surface area contributed by atoms with Gasteiger partial charge in [-0.1, -0.05) is 53.4 Å². The zero-order valence-electron chi connectivity index (χ0n) is 17.7. The summed E-state index contributed by atoms with van der Waals surface area (Å²) in [6.45, 7) is 10.9. The van der Waals surface area contributed by atoms with Crippen molar-refractivity contribution in [2.75, 3.05) is 27.1 Å². The Balaban J connectivity index is 1.97. The van der Waals surface area contributed by atoms with Crippen LogP contribution in [0.3, 0.4) is 0 Å². The number of methoxy groups -OCH3 is 1. The molecule has 2 aliphatic rings. The predicted octanol–water partition coefficient (Wildman–Crippen LogP) is 4.64. The van der Waals surface area contributed by atoms with E-state index in [0.717, 1.165) is 25.2 Å². The Kier molecular flexibility index (Phi) is 8.85. The van der Waals surface area contributed by atoms with Gasteiger partial charge in [-0.05, 0) is 42.4 Å². The summed E-state index contributed by atoms with van der Waals surface area (Å²) in [7, 11) is 1.68. The van der Waals surface area contributed by atoms with Crippen LogP contribution in [-0.2, 0) is 14.2 Å². The molecule has 0 heterocycles. The highest BCUT2D eigenvalue weighted by Crippen LogP contribution is 2.59. The summed E-state index contributed by atoms with van der Waals surface area (Å²) >= 11 is 0. The summed E-state index contributed by atoms with van der Waals surface area (Å²) in [5.74, 6) is 2.36. The maximum atomic E-state index is 10.8. The molecule has 2 aliphatic carbocycles. The first kappa shape index (κ1) is 22.1. The Labute approximate surface area is 161 Å². The number of ether oxygens (including phenoxy) is 3. The van der Waals surface area contributed by atoms with Gasteiger partial charge in [-0.2, -0.15) is 0 Å². The lowest BCUT2D eigenvalue weighted by atomic mass is 9.61. The summed E-state index contributed by atoms with van der Waals surface area (Å²) in [5.41, 5.74) is 0.201. The Morgan fingerprint density at radius 2 is 1.92 bits per heavy atom. The second-order valence-corrected chi connectivity index (χ2v) is 9.36. The highest BCUT2D eigenvalue weighted by Gasteiger charge is 2.57. The number of hydrogen-bond donors (Lipinski definition) is 1.